The summed E-state index contributed by atoms with van der Waals surface area (Å²) >= 11 is 1.52. The Morgan fingerprint density at radius 2 is 1.97 bits per heavy atom. The summed E-state index contributed by atoms with van der Waals surface area (Å²) in [6.07, 6.45) is 6.52. The molecule has 1 aliphatic rings. The van der Waals surface area contributed by atoms with E-state index in [1.165, 1.54) is 29.5 Å². The number of rotatable bonds is 6. The third-order valence-corrected chi connectivity index (χ3v) is 6.42. The maximum absolute atomic E-state index is 13.1. The smallest absolute Gasteiger partial charge is 0.248 e. The standard InChI is InChI=1S/C24H23FN4O2S/c25-18-5-3-16(4-6-18)21-10-8-20(32-21)9-12-23(30)28-19-7-11-22(27-14-19)29-13-1-2-17(15-29)24(26)31/h3-12,14,17H,1-2,13,15H2,(H2,26,31)(H,28,30)/b12-9+. The number of amides is 2. The number of nitrogens with one attached hydrogen (secondary N) is 1. The number of aromatic nitrogens is 1. The number of piperidine rings is 1. The number of halogens is 1. The van der Waals surface area contributed by atoms with E-state index in [2.05, 4.69) is 10.3 Å². The SMILES string of the molecule is NC(=O)C1CCCN(c2ccc(NC(=O)/C=C/c3ccc(-c4ccc(F)cc4)s3)cn2)C1. The van der Waals surface area contributed by atoms with Crippen LogP contribution in [0.15, 0.2) is 60.8 Å². The van der Waals surface area contributed by atoms with Gasteiger partial charge in [-0.2, -0.15) is 0 Å². The van der Waals surface area contributed by atoms with E-state index in [0.717, 1.165) is 40.5 Å². The van der Waals surface area contributed by atoms with Crippen LogP contribution in [0.1, 0.15) is 17.7 Å². The molecule has 2 aromatic heterocycles. The molecule has 4 rings (SSSR count). The third-order valence-electron chi connectivity index (χ3n) is 5.32. The van der Waals surface area contributed by atoms with Crippen molar-refractivity contribution in [2.75, 3.05) is 23.3 Å². The van der Waals surface area contributed by atoms with Gasteiger partial charge in [-0.25, -0.2) is 9.37 Å². The molecule has 32 heavy (non-hydrogen) atoms. The van der Waals surface area contributed by atoms with Crippen LogP contribution < -0.4 is 16.0 Å². The van der Waals surface area contributed by atoms with Crippen molar-refractivity contribution in [3.63, 3.8) is 0 Å². The van der Waals surface area contributed by atoms with Gasteiger partial charge in [-0.3, -0.25) is 9.59 Å². The zero-order valence-electron chi connectivity index (χ0n) is 17.3. The predicted octanol–water partition coefficient (Wildman–Crippen LogP) is 4.30. The zero-order valence-corrected chi connectivity index (χ0v) is 18.1. The first-order chi connectivity index (χ1) is 15.5. The highest BCUT2D eigenvalue weighted by molar-refractivity contribution is 7.16. The molecule has 0 saturated carbocycles. The fraction of sp³-hybridized carbons (Fsp3) is 0.208. The number of nitrogens with zero attached hydrogens (tertiary/aromatic N) is 2. The van der Waals surface area contributed by atoms with E-state index in [1.807, 2.05) is 23.1 Å². The Morgan fingerprint density at radius 3 is 2.69 bits per heavy atom. The third kappa shape index (κ3) is 5.39. The van der Waals surface area contributed by atoms with Gasteiger partial charge in [-0.05, 0) is 60.9 Å². The number of thiophene rings is 1. The lowest BCUT2D eigenvalue weighted by Gasteiger charge is -2.32. The van der Waals surface area contributed by atoms with E-state index in [0.29, 0.717) is 12.2 Å². The van der Waals surface area contributed by atoms with Crippen molar-refractivity contribution in [1.29, 1.82) is 0 Å². The van der Waals surface area contributed by atoms with Gasteiger partial charge in [0.15, 0.2) is 0 Å². The summed E-state index contributed by atoms with van der Waals surface area (Å²) in [7, 11) is 0. The van der Waals surface area contributed by atoms with Gasteiger partial charge in [0.2, 0.25) is 11.8 Å². The molecule has 1 atom stereocenters. The highest BCUT2D eigenvalue weighted by Crippen LogP contribution is 2.29. The quantitative estimate of drug-likeness (QED) is 0.548. The van der Waals surface area contributed by atoms with Crippen LogP contribution >= 0.6 is 11.3 Å². The number of carbonyl (C=O) groups excluding carboxylic acids is 2. The van der Waals surface area contributed by atoms with E-state index in [4.69, 9.17) is 5.73 Å². The minimum atomic E-state index is -0.277. The molecular weight excluding hydrogens is 427 g/mol. The predicted molar refractivity (Wildman–Crippen MR) is 126 cm³/mol. The number of carbonyl (C=O) groups is 2. The number of primary amides is 1. The van der Waals surface area contributed by atoms with Gasteiger partial charge in [0.05, 0.1) is 17.8 Å². The minimum Gasteiger partial charge on any atom is -0.369 e. The second-order valence-electron chi connectivity index (χ2n) is 7.62. The van der Waals surface area contributed by atoms with Gasteiger partial charge in [0.25, 0.3) is 0 Å². The molecule has 1 aliphatic heterocycles. The van der Waals surface area contributed by atoms with Crippen molar-refractivity contribution in [2.24, 2.45) is 11.7 Å². The van der Waals surface area contributed by atoms with E-state index in [9.17, 15) is 14.0 Å². The molecule has 0 aliphatic carbocycles. The van der Waals surface area contributed by atoms with Crippen molar-refractivity contribution in [2.45, 2.75) is 12.8 Å². The summed E-state index contributed by atoms with van der Waals surface area (Å²) in [5.74, 6) is -0.202. The fourth-order valence-electron chi connectivity index (χ4n) is 3.62. The molecule has 3 heterocycles. The van der Waals surface area contributed by atoms with E-state index in [1.54, 1.807) is 30.5 Å². The second kappa shape index (κ2) is 9.74. The molecule has 8 heteroatoms. The van der Waals surface area contributed by atoms with Crippen LogP contribution in [0.4, 0.5) is 15.9 Å². The Morgan fingerprint density at radius 1 is 1.16 bits per heavy atom. The van der Waals surface area contributed by atoms with Gasteiger partial charge in [0.1, 0.15) is 11.6 Å². The molecule has 1 unspecified atom stereocenters. The second-order valence-corrected chi connectivity index (χ2v) is 8.74. The Balaban J connectivity index is 1.34. The molecular formula is C24H23FN4O2S. The number of pyridine rings is 1. The Labute approximate surface area is 189 Å². The normalized spacial score (nSPS) is 16.3. The molecule has 0 radical (unpaired) electrons. The number of nitrogens with two attached hydrogens (primary N) is 1. The van der Waals surface area contributed by atoms with Crippen LogP contribution in [0.5, 0.6) is 0 Å². The van der Waals surface area contributed by atoms with Crippen LogP contribution in [0.3, 0.4) is 0 Å². The first kappa shape index (κ1) is 21.7. The zero-order chi connectivity index (χ0) is 22.5. The van der Waals surface area contributed by atoms with E-state index >= 15 is 0 Å². The monoisotopic (exact) mass is 450 g/mol. The number of hydrogen-bond donors (Lipinski definition) is 2. The largest absolute Gasteiger partial charge is 0.369 e. The summed E-state index contributed by atoms with van der Waals surface area (Å²) in [5, 5.41) is 2.80. The van der Waals surface area contributed by atoms with Crippen molar-refractivity contribution >= 4 is 40.7 Å². The number of benzene rings is 1. The Kier molecular flexibility index (Phi) is 6.61. The minimum absolute atomic E-state index is 0.157. The first-order valence-corrected chi connectivity index (χ1v) is 11.1. The first-order valence-electron chi connectivity index (χ1n) is 10.3. The topological polar surface area (TPSA) is 88.3 Å². The van der Waals surface area contributed by atoms with Crippen molar-refractivity contribution in [3.05, 3.63) is 71.5 Å². The van der Waals surface area contributed by atoms with Gasteiger partial charge in [0, 0.05) is 28.9 Å². The highest BCUT2D eigenvalue weighted by atomic mass is 32.1. The molecule has 2 amide bonds. The summed E-state index contributed by atoms with van der Waals surface area (Å²) in [6.45, 7) is 1.39. The van der Waals surface area contributed by atoms with Crippen molar-refractivity contribution in [3.8, 4) is 10.4 Å². The van der Waals surface area contributed by atoms with Gasteiger partial charge < -0.3 is 16.0 Å². The van der Waals surface area contributed by atoms with Crippen LogP contribution in [0.2, 0.25) is 0 Å². The van der Waals surface area contributed by atoms with Crippen LogP contribution in [0.25, 0.3) is 16.5 Å². The lowest BCUT2D eigenvalue weighted by atomic mass is 9.97. The molecule has 3 N–H and O–H groups in total. The van der Waals surface area contributed by atoms with Gasteiger partial charge in [-0.1, -0.05) is 12.1 Å². The van der Waals surface area contributed by atoms with Crippen LogP contribution in [-0.4, -0.2) is 29.9 Å². The van der Waals surface area contributed by atoms with Gasteiger partial charge >= 0.3 is 0 Å². The average molecular weight is 451 g/mol. The lowest BCUT2D eigenvalue weighted by Crippen LogP contribution is -2.41. The molecule has 0 spiro atoms. The maximum atomic E-state index is 13.1. The summed E-state index contributed by atoms with van der Waals surface area (Å²) in [5.41, 5.74) is 6.96. The molecule has 164 valence electrons. The highest BCUT2D eigenvalue weighted by Gasteiger charge is 2.24. The summed E-state index contributed by atoms with van der Waals surface area (Å²) < 4.78 is 13.1. The van der Waals surface area contributed by atoms with Gasteiger partial charge in [-0.15, -0.1) is 11.3 Å². The lowest BCUT2D eigenvalue weighted by molar-refractivity contribution is -0.122. The molecule has 1 fully saturated rings. The molecule has 3 aromatic rings. The van der Waals surface area contributed by atoms with Crippen LogP contribution in [0, 0.1) is 11.7 Å². The summed E-state index contributed by atoms with van der Waals surface area (Å²) in [4.78, 5) is 32.1. The Bertz CT molecular complexity index is 1130. The fourth-order valence-corrected chi connectivity index (χ4v) is 4.53. The number of hydrogen-bond acceptors (Lipinski definition) is 5. The number of anilines is 2. The van der Waals surface area contributed by atoms with Crippen molar-refractivity contribution in [1.82, 2.24) is 4.98 Å². The average Bonchev–Trinajstić information content (AvgIpc) is 3.28. The Hall–Kier alpha value is -3.52. The van der Waals surface area contributed by atoms with E-state index in [-0.39, 0.29) is 23.5 Å². The molecule has 1 saturated heterocycles. The summed E-state index contributed by atoms with van der Waals surface area (Å²) in [6, 6.07) is 13.8. The molecule has 1 aromatic carbocycles. The molecule has 6 nitrogen and oxygen atoms in total. The van der Waals surface area contributed by atoms with E-state index < -0.39 is 0 Å². The van der Waals surface area contributed by atoms with Crippen molar-refractivity contribution < 1.29 is 14.0 Å². The molecule has 0 bridgehead atoms. The maximum Gasteiger partial charge on any atom is 0.248 e. The van der Waals surface area contributed by atoms with Crippen LogP contribution in [-0.2, 0) is 9.59 Å².